The molecule has 4 rings (SSSR count). The highest BCUT2D eigenvalue weighted by atomic mass is 32.1. The van der Waals surface area contributed by atoms with Gasteiger partial charge >= 0.3 is 0 Å². The number of carbonyl (C=O) groups is 1. The second kappa shape index (κ2) is 8.70. The van der Waals surface area contributed by atoms with Gasteiger partial charge in [0.1, 0.15) is 4.88 Å². The Morgan fingerprint density at radius 3 is 2.39 bits per heavy atom. The highest BCUT2D eigenvalue weighted by Crippen LogP contribution is 2.30. The molecule has 0 unspecified atom stereocenters. The van der Waals surface area contributed by atoms with Crippen molar-refractivity contribution in [3.63, 3.8) is 0 Å². The van der Waals surface area contributed by atoms with Gasteiger partial charge in [-0.3, -0.25) is 9.78 Å². The van der Waals surface area contributed by atoms with E-state index in [4.69, 9.17) is 4.98 Å². The van der Waals surface area contributed by atoms with Gasteiger partial charge in [-0.15, -0.1) is 11.3 Å². The molecular formula is C23H28N6OS. The molecule has 0 spiro atoms. The Bertz CT molecular complexity index is 1100. The van der Waals surface area contributed by atoms with E-state index >= 15 is 0 Å². The van der Waals surface area contributed by atoms with E-state index in [0.717, 1.165) is 63.4 Å². The lowest BCUT2D eigenvalue weighted by Gasteiger charge is -2.32. The number of aromatic nitrogens is 4. The van der Waals surface area contributed by atoms with Crippen LogP contribution in [0.4, 0.5) is 11.6 Å². The maximum absolute atomic E-state index is 13.1. The maximum atomic E-state index is 13.1. The predicted octanol–water partition coefficient (Wildman–Crippen LogP) is 4.63. The second-order valence-corrected chi connectivity index (χ2v) is 9.46. The van der Waals surface area contributed by atoms with Crippen LogP contribution in [0, 0.1) is 34.6 Å². The van der Waals surface area contributed by atoms with Crippen LogP contribution in [-0.4, -0.2) is 43.8 Å². The van der Waals surface area contributed by atoms with E-state index in [1.54, 1.807) is 0 Å². The summed E-state index contributed by atoms with van der Waals surface area (Å²) in [4.78, 5) is 34.0. The fourth-order valence-electron chi connectivity index (χ4n) is 4.16. The van der Waals surface area contributed by atoms with Crippen LogP contribution >= 0.6 is 11.3 Å². The van der Waals surface area contributed by atoms with Gasteiger partial charge in [0.2, 0.25) is 5.95 Å². The molecular weight excluding hydrogens is 408 g/mol. The average molecular weight is 437 g/mol. The van der Waals surface area contributed by atoms with Crippen LogP contribution in [0.1, 0.15) is 61.9 Å². The van der Waals surface area contributed by atoms with E-state index in [1.165, 1.54) is 11.3 Å². The van der Waals surface area contributed by atoms with Crippen molar-refractivity contribution in [3.8, 4) is 0 Å². The van der Waals surface area contributed by atoms with Crippen LogP contribution in [0.5, 0.6) is 0 Å². The highest BCUT2D eigenvalue weighted by molar-refractivity contribution is 7.13. The number of amides is 1. The van der Waals surface area contributed by atoms with Gasteiger partial charge in [0, 0.05) is 47.5 Å². The molecule has 1 saturated heterocycles. The van der Waals surface area contributed by atoms with E-state index in [2.05, 4.69) is 26.3 Å². The van der Waals surface area contributed by atoms with Crippen molar-refractivity contribution in [2.24, 2.45) is 0 Å². The Morgan fingerprint density at radius 2 is 1.71 bits per heavy atom. The molecule has 162 valence electrons. The van der Waals surface area contributed by atoms with E-state index in [-0.39, 0.29) is 11.8 Å². The third kappa shape index (κ3) is 4.90. The van der Waals surface area contributed by atoms with Crippen LogP contribution < -0.4 is 5.32 Å². The predicted molar refractivity (Wildman–Crippen MR) is 123 cm³/mol. The number of aryl methyl sites for hydroxylation is 5. The first-order valence-corrected chi connectivity index (χ1v) is 11.4. The molecule has 1 amide bonds. The van der Waals surface area contributed by atoms with Crippen LogP contribution in [0.25, 0.3) is 0 Å². The van der Waals surface area contributed by atoms with E-state index < -0.39 is 0 Å². The quantitative estimate of drug-likeness (QED) is 0.642. The smallest absolute Gasteiger partial charge is 0.265 e. The van der Waals surface area contributed by atoms with Gasteiger partial charge in [0.05, 0.1) is 10.7 Å². The third-order valence-electron chi connectivity index (χ3n) is 5.44. The summed E-state index contributed by atoms with van der Waals surface area (Å²) >= 11 is 1.48. The van der Waals surface area contributed by atoms with Crippen molar-refractivity contribution in [2.45, 2.75) is 53.4 Å². The van der Waals surface area contributed by atoms with Crippen molar-refractivity contribution < 1.29 is 4.79 Å². The fourth-order valence-corrected chi connectivity index (χ4v) is 5.05. The molecule has 0 radical (unpaired) electrons. The Labute approximate surface area is 187 Å². The van der Waals surface area contributed by atoms with Gasteiger partial charge in [-0.05, 0) is 65.7 Å². The van der Waals surface area contributed by atoms with Crippen molar-refractivity contribution in [3.05, 3.63) is 56.6 Å². The molecule has 4 heterocycles. The minimum Gasteiger partial charge on any atom is -0.337 e. The molecule has 3 aromatic rings. The monoisotopic (exact) mass is 436 g/mol. The topological polar surface area (TPSA) is 83.9 Å². The Morgan fingerprint density at radius 1 is 1.00 bits per heavy atom. The number of carbonyl (C=O) groups excluding carboxylic acids is 1. The molecule has 0 bridgehead atoms. The summed E-state index contributed by atoms with van der Waals surface area (Å²) < 4.78 is 0. The van der Waals surface area contributed by atoms with E-state index in [0.29, 0.717) is 12.5 Å². The minimum atomic E-state index is 0.0856. The first-order chi connectivity index (χ1) is 14.8. The summed E-state index contributed by atoms with van der Waals surface area (Å²) in [6, 6.07) is 6.02. The number of hydrogen-bond donors (Lipinski definition) is 1. The number of piperidine rings is 1. The molecule has 8 heteroatoms. The van der Waals surface area contributed by atoms with Crippen LogP contribution in [0.2, 0.25) is 0 Å². The molecule has 31 heavy (non-hydrogen) atoms. The summed E-state index contributed by atoms with van der Waals surface area (Å²) in [6.45, 7) is 11.2. The summed E-state index contributed by atoms with van der Waals surface area (Å²) in [5.74, 6) is 0.876. The van der Waals surface area contributed by atoms with E-state index in [1.807, 2.05) is 51.7 Å². The van der Waals surface area contributed by atoms with Crippen LogP contribution in [0.3, 0.4) is 0 Å². The van der Waals surface area contributed by atoms with Gasteiger partial charge < -0.3 is 10.2 Å². The SMILES string of the molecule is Cc1cc(Nc2nc(C)cc(C)n2)cc([C@H]2CCCN(C(=O)c3sc(C)nc3C)C2)n1. The fraction of sp³-hybridized carbons (Fsp3) is 0.435. The van der Waals surface area contributed by atoms with E-state index in [9.17, 15) is 4.79 Å². The number of nitrogens with zero attached hydrogens (tertiary/aromatic N) is 5. The third-order valence-corrected chi connectivity index (χ3v) is 6.50. The summed E-state index contributed by atoms with van der Waals surface area (Å²) in [6.07, 6.45) is 1.98. The minimum absolute atomic E-state index is 0.0856. The van der Waals surface area contributed by atoms with Crippen molar-refractivity contribution in [1.82, 2.24) is 24.8 Å². The first-order valence-electron chi connectivity index (χ1n) is 10.6. The average Bonchev–Trinajstić information content (AvgIpc) is 3.04. The van der Waals surface area contributed by atoms with Gasteiger partial charge in [-0.2, -0.15) is 0 Å². The molecule has 1 aliphatic rings. The number of likely N-dealkylation sites (tertiary alicyclic amines) is 1. The highest BCUT2D eigenvalue weighted by Gasteiger charge is 2.28. The molecule has 0 aliphatic carbocycles. The first kappa shape index (κ1) is 21.4. The Hall–Kier alpha value is -2.87. The van der Waals surface area contributed by atoms with Crippen LogP contribution in [0.15, 0.2) is 18.2 Å². The largest absolute Gasteiger partial charge is 0.337 e. The molecule has 1 N–H and O–H groups in total. The zero-order valence-electron chi connectivity index (χ0n) is 18.7. The molecule has 1 aliphatic heterocycles. The molecule has 1 fully saturated rings. The summed E-state index contributed by atoms with van der Waals surface area (Å²) in [7, 11) is 0. The standard InChI is InChI=1S/C23H28N6OS/c1-13-9-14(2)26-23(25-13)28-19-10-15(3)24-20(11-19)18-7-6-8-29(12-18)22(30)21-16(4)27-17(5)31-21/h9-11,18H,6-8,12H2,1-5H3,(H,24,25,26,28)/t18-/m0/s1. The van der Waals surface area contributed by atoms with Crippen molar-refractivity contribution in [1.29, 1.82) is 0 Å². The zero-order valence-corrected chi connectivity index (χ0v) is 19.5. The number of anilines is 2. The molecule has 7 nitrogen and oxygen atoms in total. The van der Waals surface area contributed by atoms with Gasteiger partial charge in [0.25, 0.3) is 5.91 Å². The molecule has 0 saturated carbocycles. The number of hydrogen-bond acceptors (Lipinski definition) is 7. The molecule has 0 aromatic carbocycles. The molecule has 1 atom stereocenters. The Balaban J connectivity index is 1.54. The maximum Gasteiger partial charge on any atom is 0.265 e. The van der Waals surface area contributed by atoms with Crippen LogP contribution in [-0.2, 0) is 0 Å². The Kier molecular flexibility index (Phi) is 6.00. The summed E-state index contributed by atoms with van der Waals surface area (Å²) in [5, 5.41) is 4.26. The van der Waals surface area contributed by atoms with Crippen molar-refractivity contribution >= 4 is 28.9 Å². The summed E-state index contributed by atoms with van der Waals surface area (Å²) in [5.41, 5.74) is 5.53. The number of pyridine rings is 1. The zero-order chi connectivity index (χ0) is 22.1. The lowest BCUT2D eigenvalue weighted by atomic mass is 9.93. The normalized spacial score (nSPS) is 16.4. The van der Waals surface area contributed by atoms with Gasteiger partial charge in [-0.1, -0.05) is 0 Å². The molecule has 3 aromatic heterocycles. The lowest BCUT2D eigenvalue weighted by molar-refractivity contribution is 0.0710. The van der Waals surface area contributed by atoms with Gasteiger partial charge in [-0.25, -0.2) is 15.0 Å². The van der Waals surface area contributed by atoms with Crippen molar-refractivity contribution in [2.75, 3.05) is 18.4 Å². The number of thiazole rings is 1. The lowest BCUT2D eigenvalue weighted by Crippen LogP contribution is -2.39. The van der Waals surface area contributed by atoms with Gasteiger partial charge in [0.15, 0.2) is 0 Å². The number of nitrogens with one attached hydrogen (secondary N) is 1. The second-order valence-electron chi connectivity index (χ2n) is 8.26. The number of rotatable bonds is 4.